The number of allylic oxidation sites excluding steroid dienone is 1. The fraction of sp³-hybridized carbons (Fsp3) is 0.250. The van der Waals surface area contributed by atoms with Crippen molar-refractivity contribution < 1.29 is 9.53 Å². The van der Waals surface area contributed by atoms with E-state index in [0.717, 1.165) is 12.1 Å². The Morgan fingerprint density at radius 1 is 0.871 bits per heavy atom. The molecule has 0 amide bonds. The molecule has 0 saturated heterocycles. The molecule has 3 heteroatoms. The molecular weight excluding hydrogens is 382 g/mol. The van der Waals surface area contributed by atoms with Crippen molar-refractivity contribution in [1.82, 2.24) is 4.90 Å². The summed E-state index contributed by atoms with van der Waals surface area (Å²) < 4.78 is 5.30. The quantitative estimate of drug-likeness (QED) is 0.366. The molecule has 0 heterocycles. The number of carbonyl (C=O) groups is 1. The van der Waals surface area contributed by atoms with Crippen LogP contribution in [-0.4, -0.2) is 24.0 Å². The lowest BCUT2D eigenvalue weighted by molar-refractivity contribution is -0.147. The van der Waals surface area contributed by atoms with E-state index in [4.69, 9.17) is 4.74 Å². The summed E-state index contributed by atoms with van der Waals surface area (Å²) in [4.78, 5) is 15.5. The third-order valence-electron chi connectivity index (χ3n) is 6.30. The molecule has 0 radical (unpaired) electrons. The van der Waals surface area contributed by atoms with E-state index in [1.807, 2.05) is 30.3 Å². The summed E-state index contributed by atoms with van der Waals surface area (Å²) in [6.07, 6.45) is 4.37. The second-order valence-electron chi connectivity index (χ2n) is 8.11. The third kappa shape index (κ3) is 4.62. The number of nitrogens with zero attached hydrogens (tertiary/aromatic N) is 1. The average molecular weight is 412 g/mol. The largest absolute Gasteiger partial charge is 0.469 e. The van der Waals surface area contributed by atoms with E-state index < -0.39 is 0 Å². The van der Waals surface area contributed by atoms with Gasteiger partial charge in [-0.2, -0.15) is 0 Å². The molecule has 0 bridgehead atoms. The number of carbonyl (C=O) groups excluding carboxylic acids is 1. The lowest BCUT2D eigenvalue weighted by atomic mass is 9.85. The van der Waals surface area contributed by atoms with Gasteiger partial charge in [-0.1, -0.05) is 103 Å². The fourth-order valence-corrected chi connectivity index (χ4v) is 4.64. The topological polar surface area (TPSA) is 29.5 Å². The van der Waals surface area contributed by atoms with Crippen LogP contribution in [0, 0.1) is 5.92 Å². The Balaban J connectivity index is 1.72. The zero-order valence-corrected chi connectivity index (χ0v) is 18.1. The molecule has 31 heavy (non-hydrogen) atoms. The molecule has 0 N–H and O–H groups in total. The Kier molecular flexibility index (Phi) is 6.63. The van der Waals surface area contributed by atoms with Gasteiger partial charge in [0.05, 0.1) is 13.0 Å². The minimum Gasteiger partial charge on any atom is -0.469 e. The highest BCUT2D eigenvalue weighted by atomic mass is 16.5. The van der Waals surface area contributed by atoms with Gasteiger partial charge in [-0.05, 0) is 23.6 Å². The van der Waals surface area contributed by atoms with Crippen LogP contribution in [0.2, 0.25) is 0 Å². The van der Waals surface area contributed by atoms with Gasteiger partial charge >= 0.3 is 5.97 Å². The number of rotatable bonds is 7. The lowest BCUT2D eigenvalue weighted by Crippen LogP contribution is -2.43. The fourth-order valence-electron chi connectivity index (χ4n) is 4.64. The molecule has 158 valence electrons. The van der Waals surface area contributed by atoms with E-state index in [1.54, 1.807) is 0 Å². The van der Waals surface area contributed by atoms with Gasteiger partial charge in [0.1, 0.15) is 0 Å². The molecule has 4 atom stereocenters. The van der Waals surface area contributed by atoms with Crippen LogP contribution in [0.15, 0.2) is 103 Å². The summed E-state index contributed by atoms with van der Waals surface area (Å²) in [5.74, 6) is -0.454. The molecule has 0 fully saturated rings. The molecule has 3 aromatic carbocycles. The molecule has 4 rings (SSSR count). The first kappa shape index (κ1) is 21.1. The van der Waals surface area contributed by atoms with E-state index >= 15 is 0 Å². The van der Waals surface area contributed by atoms with Crippen LogP contribution < -0.4 is 0 Å². The summed E-state index contributed by atoms with van der Waals surface area (Å²) in [6, 6.07) is 31.3. The van der Waals surface area contributed by atoms with Crippen LogP contribution in [0.5, 0.6) is 0 Å². The first-order valence-electron chi connectivity index (χ1n) is 10.8. The van der Waals surface area contributed by atoms with Crippen molar-refractivity contribution in [3.05, 3.63) is 120 Å². The predicted molar refractivity (Wildman–Crippen MR) is 124 cm³/mol. The normalized spacial score (nSPS) is 21.2. The van der Waals surface area contributed by atoms with E-state index in [1.165, 1.54) is 18.2 Å². The van der Waals surface area contributed by atoms with Crippen LogP contribution in [0.25, 0.3) is 0 Å². The van der Waals surface area contributed by atoms with E-state index in [9.17, 15) is 4.79 Å². The molecule has 3 nitrogen and oxygen atoms in total. The van der Waals surface area contributed by atoms with Crippen molar-refractivity contribution in [2.24, 2.45) is 5.92 Å². The van der Waals surface area contributed by atoms with E-state index in [2.05, 4.69) is 84.6 Å². The van der Waals surface area contributed by atoms with Crippen molar-refractivity contribution in [2.75, 3.05) is 7.11 Å². The number of ether oxygens (including phenoxy) is 1. The Labute approximate surface area is 185 Å². The van der Waals surface area contributed by atoms with Crippen molar-refractivity contribution in [3.8, 4) is 0 Å². The Bertz CT molecular complexity index is 1000. The number of methoxy groups -OCH3 is 1. The standard InChI is InChI=1S/C28H29NO2/c1-21(23-14-8-4-9-15-23)29(20-22-12-6-3-7-13-22)26-19-18-25(27(26)28(30)31-2)24-16-10-5-11-17-24/h3-19,21,25-27H,20H2,1-2H3/t21-,25+,26-,27-/m0/s1. The Hall–Kier alpha value is -3.17. The van der Waals surface area contributed by atoms with E-state index in [0.29, 0.717) is 0 Å². The molecule has 0 unspecified atom stereocenters. The van der Waals surface area contributed by atoms with Gasteiger partial charge < -0.3 is 4.74 Å². The maximum Gasteiger partial charge on any atom is 0.311 e. The summed E-state index contributed by atoms with van der Waals surface area (Å²) in [7, 11) is 1.49. The lowest BCUT2D eigenvalue weighted by Gasteiger charge is -2.38. The SMILES string of the molecule is COC(=O)[C@H]1[C@@H](c2ccccc2)C=C[C@@H]1N(Cc1ccccc1)[C@@H](C)c1ccccc1. The van der Waals surface area contributed by atoms with Gasteiger partial charge in [0, 0.05) is 24.5 Å². The van der Waals surface area contributed by atoms with Gasteiger partial charge in [0.2, 0.25) is 0 Å². The molecule has 3 aromatic rings. The average Bonchev–Trinajstić information content (AvgIpc) is 3.28. The van der Waals surface area contributed by atoms with Crippen LogP contribution in [-0.2, 0) is 16.1 Å². The van der Waals surface area contributed by atoms with Gasteiger partial charge in [-0.25, -0.2) is 0 Å². The maximum atomic E-state index is 13.0. The number of hydrogen-bond acceptors (Lipinski definition) is 3. The van der Waals surface area contributed by atoms with Crippen molar-refractivity contribution >= 4 is 5.97 Å². The summed E-state index contributed by atoms with van der Waals surface area (Å²) in [5.41, 5.74) is 3.60. The molecule has 0 saturated carbocycles. The molecule has 0 aromatic heterocycles. The molecular formula is C28H29NO2. The minimum absolute atomic E-state index is 0.0000956. The van der Waals surface area contributed by atoms with Crippen molar-refractivity contribution in [3.63, 3.8) is 0 Å². The van der Waals surface area contributed by atoms with Gasteiger partial charge in [0.25, 0.3) is 0 Å². The summed E-state index contributed by atoms with van der Waals surface area (Å²) in [5, 5.41) is 0. The van der Waals surface area contributed by atoms with E-state index in [-0.39, 0.29) is 29.9 Å². The van der Waals surface area contributed by atoms with Crippen molar-refractivity contribution in [1.29, 1.82) is 0 Å². The number of hydrogen-bond donors (Lipinski definition) is 0. The highest BCUT2D eigenvalue weighted by Crippen LogP contribution is 2.41. The predicted octanol–water partition coefficient (Wildman–Crippen LogP) is 5.76. The molecule has 0 spiro atoms. The highest BCUT2D eigenvalue weighted by Gasteiger charge is 2.43. The monoisotopic (exact) mass is 411 g/mol. The maximum absolute atomic E-state index is 13.0. The zero-order chi connectivity index (χ0) is 21.6. The van der Waals surface area contributed by atoms with Gasteiger partial charge in [-0.15, -0.1) is 0 Å². The molecule has 0 aliphatic heterocycles. The smallest absolute Gasteiger partial charge is 0.311 e. The first-order chi connectivity index (χ1) is 15.2. The summed E-state index contributed by atoms with van der Waals surface area (Å²) in [6.45, 7) is 2.97. The van der Waals surface area contributed by atoms with Crippen LogP contribution in [0.1, 0.15) is 35.6 Å². The number of esters is 1. The summed E-state index contributed by atoms with van der Waals surface area (Å²) >= 11 is 0. The van der Waals surface area contributed by atoms with Crippen molar-refractivity contribution in [2.45, 2.75) is 31.5 Å². The third-order valence-corrected chi connectivity index (χ3v) is 6.30. The first-order valence-corrected chi connectivity index (χ1v) is 10.8. The van der Waals surface area contributed by atoms with Gasteiger partial charge in [-0.3, -0.25) is 9.69 Å². The highest BCUT2D eigenvalue weighted by molar-refractivity contribution is 5.76. The minimum atomic E-state index is -0.290. The zero-order valence-electron chi connectivity index (χ0n) is 18.1. The van der Waals surface area contributed by atoms with Crippen LogP contribution >= 0.6 is 0 Å². The number of benzene rings is 3. The molecule has 1 aliphatic carbocycles. The molecule has 1 aliphatic rings. The Morgan fingerprint density at radius 2 is 1.45 bits per heavy atom. The van der Waals surface area contributed by atoms with Crippen LogP contribution in [0.3, 0.4) is 0 Å². The Morgan fingerprint density at radius 3 is 2.06 bits per heavy atom. The second kappa shape index (κ2) is 9.76. The van der Waals surface area contributed by atoms with Crippen LogP contribution in [0.4, 0.5) is 0 Å². The second-order valence-corrected chi connectivity index (χ2v) is 8.11. The van der Waals surface area contributed by atoms with Gasteiger partial charge in [0.15, 0.2) is 0 Å².